The Kier molecular flexibility index (Phi) is 2.64. The maximum atomic E-state index is 11.2. The molecule has 1 aliphatic heterocycles. The Balaban J connectivity index is 2.12. The van der Waals surface area contributed by atoms with Gasteiger partial charge in [0, 0.05) is 12.7 Å². The Hall–Kier alpha value is -1.49. The number of aromatic nitrogens is 2. The third kappa shape index (κ3) is 2.12. The van der Waals surface area contributed by atoms with E-state index in [0.29, 0.717) is 6.54 Å². The lowest BCUT2D eigenvalue weighted by molar-refractivity contribution is -0.124. The minimum atomic E-state index is -0.174. The predicted molar refractivity (Wildman–Crippen MR) is 55.1 cm³/mol. The molecule has 0 aromatic carbocycles. The van der Waals surface area contributed by atoms with Crippen LogP contribution >= 0.6 is 0 Å². The van der Waals surface area contributed by atoms with Gasteiger partial charge < -0.3 is 5.32 Å². The topological polar surface area (TPSA) is 66.9 Å². The summed E-state index contributed by atoms with van der Waals surface area (Å²) in [6.07, 6.45) is 3.48. The van der Waals surface area contributed by atoms with Crippen LogP contribution in [0.2, 0.25) is 0 Å². The minimum absolute atomic E-state index is 0.0336. The number of amides is 1. The van der Waals surface area contributed by atoms with Crippen molar-refractivity contribution in [3.05, 3.63) is 23.8 Å². The summed E-state index contributed by atoms with van der Waals surface area (Å²) >= 11 is 0. The van der Waals surface area contributed by atoms with Crippen molar-refractivity contribution >= 4 is 5.91 Å². The largest absolute Gasteiger partial charge is 0.353 e. The smallest absolute Gasteiger partial charge is 0.236 e. The molecule has 0 radical (unpaired) electrons. The van der Waals surface area contributed by atoms with Gasteiger partial charge >= 0.3 is 0 Å². The maximum absolute atomic E-state index is 11.2. The second-order valence-corrected chi connectivity index (χ2v) is 3.77. The highest BCUT2D eigenvalue weighted by Crippen LogP contribution is 2.12. The van der Waals surface area contributed by atoms with Gasteiger partial charge in [0.2, 0.25) is 5.91 Å². The highest BCUT2D eigenvalue weighted by Gasteiger charge is 2.25. The van der Waals surface area contributed by atoms with E-state index in [-0.39, 0.29) is 18.0 Å². The summed E-state index contributed by atoms with van der Waals surface area (Å²) < 4.78 is 0. The van der Waals surface area contributed by atoms with Gasteiger partial charge in [-0.3, -0.25) is 20.1 Å². The second kappa shape index (κ2) is 3.94. The number of rotatable bonds is 1. The van der Waals surface area contributed by atoms with E-state index in [1.54, 1.807) is 12.4 Å². The fourth-order valence-corrected chi connectivity index (χ4v) is 1.56. The highest BCUT2D eigenvalue weighted by atomic mass is 16.2. The monoisotopic (exact) mass is 206 g/mol. The summed E-state index contributed by atoms with van der Waals surface area (Å²) in [5, 5.41) is 6.01. The van der Waals surface area contributed by atoms with Crippen molar-refractivity contribution in [1.82, 2.24) is 20.6 Å². The lowest BCUT2D eigenvalue weighted by Gasteiger charge is -2.28. The fraction of sp³-hybridized carbons (Fsp3) is 0.500. The molecule has 0 saturated carbocycles. The number of carbonyl (C=O) groups is 1. The van der Waals surface area contributed by atoms with Crippen LogP contribution in [0.5, 0.6) is 0 Å². The number of carbonyl (C=O) groups excluding carboxylic acids is 1. The van der Waals surface area contributed by atoms with Crippen LogP contribution in [0.15, 0.2) is 12.4 Å². The van der Waals surface area contributed by atoms with Crippen LogP contribution in [-0.2, 0) is 4.79 Å². The van der Waals surface area contributed by atoms with Gasteiger partial charge in [0.25, 0.3) is 0 Å². The number of piperazine rings is 1. The molecule has 1 fully saturated rings. The van der Waals surface area contributed by atoms with Crippen LogP contribution in [-0.4, -0.2) is 28.5 Å². The van der Waals surface area contributed by atoms with Crippen LogP contribution in [0.1, 0.15) is 24.4 Å². The number of aryl methyl sites for hydroxylation is 1. The summed E-state index contributed by atoms with van der Waals surface area (Å²) in [6.45, 7) is 4.31. The molecular formula is C10H14N4O. The molecule has 0 bridgehead atoms. The zero-order valence-electron chi connectivity index (χ0n) is 8.82. The first kappa shape index (κ1) is 10.0. The van der Waals surface area contributed by atoms with Crippen LogP contribution in [0.3, 0.4) is 0 Å². The van der Waals surface area contributed by atoms with Gasteiger partial charge in [-0.2, -0.15) is 0 Å². The summed E-state index contributed by atoms with van der Waals surface area (Å²) in [4.78, 5) is 19.7. The van der Waals surface area contributed by atoms with E-state index in [2.05, 4.69) is 20.6 Å². The van der Waals surface area contributed by atoms with Gasteiger partial charge in [-0.1, -0.05) is 0 Å². The molecule has 1 aromatic rings. The summed E-state index contributed by atoms with van der Waals surface area (Å²) in [5.41, 5.74) is 1.76. The molecule has 2 rings (SSSR count). The third-order valence-corrected chi connectivity index (χ3v) is 2.48. The average Bonchev–Trinajstić information content (AvgIpc) is 2.23. The van der Waals surface area contributed by atoms with Crippen molar-refractivity contribution in [2.75, 3.05) is 6.54 Å². The highest BCUT2D eigenvalue weighted by molar-refractivity contribution is 5.82. The Morgan fingerprint density at radius 2 is 2.20 bits per heavy atom. The molecule has 1 unspecified atom stereocenters. The van der Waals surface area contributed by atoms with Gasteiger partial charge in [-0.15, -0.1) is 0 Å². The lowest BCUT2D eigenvalue weighted by atomic mass is 10.1. The molecule has 80 valence electrons. The van der Waals surface area contributed by atoms with Crippen molar-refractivity contribution < 1.29 is 4.79 Å². The first-order valence-electron chi connectivity index (χ1n) is 4.99. The Labute approximate surface area is 88.3 Å². The van der Waals surface area contributed by atoms with Crippen molar-refractivity contribution in [3.63, 3.8) is 0 Å². The quantitative estimate of drug-likeness (QED) is 0.675. The van der Waals surface area contributed by atoms with E-state index in [9.17, 15) is 4.79 Å². The van der Waals surface area contributed by atoms with E-state index in [0.717, 1.165) is 11.4 Å². The number of hydrogen-bond acceptors (Lipinski definition) is 4. The Morgan fingerprint density at radius 3 is 2.80 bits per heavy atom. The minimum Gasteiger partial charge on any atom is -0.353 e. The van der Waals surface area contributed by atoms with Crippen LogP contribution < -0.4 is 10.6 Å². The molecule has 1 aromatic heterocycles. The van der Waals surface area contributed by atoms with Gasteiger partial charge in [0.1, 0.15) is 0 Å². The molecule has 5 heteroatoms. The normalized spacial score (nSPS) is 26.1. The van der Waals surface area contributed by atoms with E-state index >= 15 is 0 Å². The fourth-order valence-electron chi connectivity index (χ4n) is 1.56. The molecule has 1 saturated heterocycles. The van der Waals surface area contributed by atoms with Gasteiger partial charge in [0.15, 0.2) is 0 Å². The third-order valence-electron chi connectivity index (χ3n) is 2.48. The van der Waals surface area contributed by atoms with Gasteiger partial charge in [-0.25, -0.2) is 0 Å². The van der Waals surface area contributed by atoms with Crippen molar-refractivity contribution in [3.8, 4) is 0 Å². The first-order valence-corrected chi connectivity index (χ1v) is 4.99. The second-order valence-electron chi connectivity index (χ2n) is 3.77. The van der Waals surface area contributed by atoms with Crippen molar-refractivity contribution in [2.24, 2.45) is 0 Å². The standard InChI is InChI=1S/C10H14N4O/c1-6-3-12-8(4-11-6)9-5-13-10(15)7(2)14-9/h3-4,7,9,14H,5H2,1-2H3,(H,13,15)/t7-,9?/m1/s1. The summed E-state index contributed by atoms with van der Waals surface area (Å²) in [7, 11) is 0. The predicted octanol–water partition coefficient (Wildman–Crippen LogP) is -0.0660. The van der Waals surface area contributed by atoms with Crippen molar-refractivity contribution in [2.45, 2.75) is 25.9 Å². The van der Waals surface area contributed by atoms with E-state index < -0.39 is 0 Å². The summed E-state index contributed by atoms with van der Waals surface area (Å²) in [6, 6.07) is -0.113. The van der Waals surface area contributed by atoms with E-state index in [1.807, 2.05) is 13.8 Å². The van der Waals surface area contributed by atoms with Crippen LogP contribution in [0, 0.1) is 6.92 Å². The molecule has 15 heavy (non-hydrogen) atoms. The molecule has 1 aliphatic rings. The van der Waals surface area contributed by atoms with Crippen LogP contribution in [0.25, 0.3) is 0 Å². The SMILES string of the molecule is Cc1cnc(C2CNC(=O)[C@@H](C)N2)cn1. The molecule has 2 heterocycles. The van der Waals surface area contributed by atoms with Crippen molar-refractivity contribution in [1.29, 1.82) is 0 Å². The maximum Gasteiger partial charge on any atom is 0.236 e. The van der Waals surface area contributed by atoms with E-state index in [4.69, 9.17) is 0 Å². The molecular weight excluding hydrogens is 192 g/mol. The average molecular weight is 206 g/mol. The van der Waals surface area contributed by atoms with Gasteiger partial charge in [0.05, 0.1) is 29.7 Å². The molecule has 2 atom stereocenters. The number of nitrogens with zero attached hydrogens (tertiary/aromatic N) is 2. The zero-order chi connectivity index (χ0) is 10.8. The zero-order valence-corrected chi connectivity index (χ0v) is 8.82. The Bertz CT molecular complexity index is 362. The van der Waals surface area contributed by atoms with Crippen LogP contribution in [0.4, 0.5) is 0 Å². The molecule has 2 N–H and O–H groups in total. The molecule has 0 spiro atoms. The number of hydrogen-bond donors (Lipinski definition) is 2. The number of nitrogens with one attached hydrogen (secondary N) is 2. The first-order chi connectivity index (χ1) is 7.16. The Morgan fingerprint density at radius 1 is 1.40 bits per heavy atom. The molecule has 0 aliphatic carbocycles. The van der Waals surface area contributed by atoms with E-state index in [1.165, 1.54) is 0 Å². The van der Waals surface area contributed by atoms with Gasteiger partial charge in [-0.05, 0) is 13.8 Å². The lowest BCUT2D eigenvalue weighted by Crippen LogP contribution is -2.53. The molecule has 1 amide bonds. The molecule has 5 nitrogen and oxygen atoms in total. The summed E-state index contributed by atoms with van der Waals surface area (Å²) in [5.74, 6) is 0.0336.